The number of carbonyl (C=O) groups is 1. The molecule has 0 aromatic heterocycles. The number of nitrogens with one attached hydrogen (secondary N) is 1. The Morgan fingerprint density at radius 1 is 1.47 bits per heavy atom. The number of morpholine rings is 1. The Labute approximate surface area is 103 Å². The molecule has 0 aromatic carbocycles. The van der Waals surface area contributed by atoms with Crippen molar-refractivity contribution < 1.29 is 14.6 Å². The number of ether oxygens (including phenoxy) is 1. The normalized spacial score (nSPS) is 19.0. The molecule has 1 heterocycles. The van der Waals surface area contributed by atoms with Gasteiger partial charge in [0.05, 0.1) is 25.9 Å². The lowest BCUT2D eigenvalue weighted by atomic mass is 10.3. The number of carbonyl (C=O) groups excluding carboxylic acids is 1. The van der Waals surface area contributed by atoms with E-state index in [0.29, 0.717) is 13.1 Å². The molecule has 1 fully saturated rings. The van der Waals surface area contributed by atoms with Crippen LogP contribution in [0.4, 0.5) is 0 Å². The van der Waals surface area contributed by atoms with Gasteiger partial charge >= 0.3 is 0 Å². The van der Waals surface area contributed by atoms with E-state index in [4.69, 9.17) is 4.74 Å². The van der Waals surface area contributed by atoms with E-state index in [-0.39, 0.29) is 12.5 Å². The topological polar surface area (TPSA) is 65.0 Å². The van der Waals surface area contributed by atoms with Gasteiger partial charge in [-0.25, -0.2) is 0 Å². The largest absolute Gasteiger partial charge is 0.390 e. The summed E-state index contributed by atoms with van der Waals surface area (Å²) in [5, 5.41) is 12.7. The van der Waals surface area contributed by atoms with Crippen molar-refractivity contribution in [3.05, 3.63) is 0 Å². The minimum Gasteiger partial charge on any atom is -0.390 e. The zero-order chi connectivity index (χ0) is 12.7. The lowest BCUT2D eigenvalue weighted by Gasteiger charge is -2.28. The number of aliphatic hydroxyl groups excluding tert-OH is 1. The minimum absolute atomic E-state index is 0.0172. The number of amides is 1. The summed E-state index contributed by atoms with van der Waals surface area (Å²) in [5.41, 5.74) is 0. The number of rotatable bonds is 6. The van der Waals surface area contributed by atoms with Crippen LogP contribution in [0.3, 0.4) is 0 Å². The SMILES string of the molecule is CN(C)C(=O)CNCC(O)CN1CCOCC1. The van der Waals surface area contributed by atoms with E-state index in [9.17, 15) is 9.90 Å². The van der Waals surface area contributed by atoms with Crippen LogP contribution in [0.15, 0.2) is 0 Å². The van der Waals surface area contributed by atoms with Crippen molar-refractivity contribution in [1.29, 1.82) is 0 Å². The van der Waals surface area contributed by atoms with Gasteiger partial charge in [-0.05, 0) is 0 Å². The number of likely N-dealkylation sites (N-methyl/N-ethyl adjacent to an activating group) is 1. The molecule has 6 heteroatoms. The van der Waals surface area contributed by atoms with E-state index in [1.807, 2.05) is 0 Å². The smallest absolute Gasteiger partial charge is 0.236 e. The molecule has 1 rings (SSSR count). The fourth-order valence-corrected chi connectivity index (χ4v) is 1.65. The van der Waals surface area contributed by atoms with Crippen LogP contribution in [0, 0.1) is 0 Å². The van der Waals surface area contributed by atoms with Gasteiger partial charge in [-0.1, -0.05) is 0 Å². The molecule has 6 nitrogen and oxygen atoms in total. The number of hydrogen-bond acceptors (Lipinski definition) is 5. The summed E-state index contributed by atoms with van der Waals surface area (Å²) in [6.07, 6.45) is -0.442. The molecule has 100 valence electrons. The van der Waals surface area contributed by atoms with Gasteiger partial charge in [-0.3, -0.25) is 9.69 Å². The Balaban J connectivity index is 2.08. The molecule has 1 unspecified atom stereocenters. The highest BCUT2D eigenvalue weighted by atomic mass is 16.5. The first kappa shape index (κ1) is 14.4. The maximum atomic E-state index is 11.3. The highest BCUT2D eigenvalue weighted by Gasteiger charge is 2.14. The fourth-order valence-electron chi connectivity index (χ4n) is 1.65. The van der Waals surface area contributed by atoms with Crippen LogP contribution in [0.2, 0.25) is 0 Å². The highest BCUT2D eigenvalue weighted by Crippen LogP contribution is 1.97. The Bertz CT molecular complexity index is 230. The minimum atomic E-state index is -0.442. The maximum absolute atomic E-state index is 11.3. The number of aliphatic hydroxyl groups is 1. The summed E-state index contributed by atoms with van der Waals surface area (Å²) in [6, 6.07) is 0. The predicted octanol–water partition coefficient (Wildman–Crippen LogP) is -1.64. The molecule has 1 saturated heterocycles. The molecule has 0 aromatic rings. The van der Waals surface area contributed by atoms with Crippen LogP contribution >= 0.6 is 0 Å². The number of nitrogens with zero attached hydrogens (tertiary/aromatic N) is 2. The molecule has 0 spiro atoms. The average molecular weight is 245 g/mol. The molecule has 1 aliphatic rings. The molecule has 1 atom stereocenters. The Morgan fingerprint density at radius 3 is 2.71 bits per heavy atom. The van der Waals surface area contributed by atoms with Crippen LogP contribution in [-0.2, 0) is 9.53 Å². The van der Waals surface area contributed by atoms with Crippen LogP contribution in [0.5, 0.6) is 0 Å². The summed E-state index contributed by atoms with van der Waals surface area (Å²) in [5.74, 6) is 0.0172. The van der Waals surface area contributed by atoms with Crippen molar-refractivity contribution in [2.45, 2.75) is 6.10 Å². The number of β-amino-alcohol motifs (C(OH)–C–C–N with tert-alkyl or cyclic N) is 1. The van der Waals surface area contributed by atoms with Crippen molar-refractivity contribution in [3.8, 4) is 0 Å². The van der Waals surface area contributed by atoms with Crippen molar-refractivity contribution in [3.63, 3.8) is 0 Å². The van der Waals surface area contributed by atoms with E-state index in [1.165, 1.54) is 4.90 Å². The Kier molecular flexibility index (Phi) is 6.43. The van der Waals surface area contributed by atoms with Gasteiger partial charge in [-0.15, -0.1) is 0 Å². The molecule has 1 amide bonds. The van der Waals surface area contributed by atoms with Crippen molar-refractivity contribution >= 4 is 5.91 Å². The van der Waals surface area contributed by atoms with Gasteiger partial charge in [-0.2, -0.15) is 0 Å². The zero-order valence-electron chi connectivity index (χ0n) is 10.7. The van der Waals surface area contributed by atoms with E-state index < -0.39 is 6.10 Å². The molecular weight excluding hydrogens is 222 g/mol. The van der Waals surface area contributed by atoms with Gasteiger partial charge < -0.3 is 20.1 Å². The molecule has 0 bridgehead atoms. The summed E-state index contributed by atoms with van der Waals surface area (Å²) >= 11 is 0. The third-order valence-corrected chi connectivity index (χ3v) is 2.73. The van der Waals surface area contributed by atoms with Crippen LogP contribution in [0.25, 0.3) is 0 Å². The van der Waals surface area contributed by atoms with Crippen molar-refractivity contribution in [1.82, 2.24) is 15.1 Å². The van der Waals surface area contributed by atoms with Crippen molar-refractivity contribution in [2.75, 3.05) is 60.0 Å². The van der Waals surface area contributed by atoms with E-state index in [1.54, 1.807) is 14.1 Å². The van der Waals surface area contributed by atoms with Crippen molar-refractivity contribution in [2.24, 2.45) is 0 Å². The first-order valence-corrected chi connectivity index (χ1v) is 5.98. The Hall–Kier alpha value is -0.690. The standard InChI is InChI=1S/C11H23N3O3/c1-13(2)11(16)8-12-7-10(15)9-14-3-5-17-6-4-14/h10,12,15H,3-9H2,1-2H3. The van der Waals surface area contributed by atoms with E-state index in [0.717, 1.165) is 26.3 Å². The summed E-state index contributed by atoms with van der Waals surface area (Å²) in [6.45, 7) is 4.55. The van der Waals surface area contributed by atoms with E-state index >= 15 is 0 Å². The second-order valence-corrected chi connectivity index (χ2v) is 4.49. The third kappa shape index (κ3) is 5.97. The molecule has 17 heavy (non-hydrogen) atoms. The molecule has 2 N–H and O–H groups in total. The summed E-state index contributed by atoms with van der Waals surface area (Å²) < 4.78 is 5.23. The quantitative estimate of drug-likeness (QED) is 0.587. The number of hydrogen-bond donors (Lipinski definition) is 2. The maximum Gasteiger partial charge on any atom is 0.236 e. The van der Waals surface area contributed by atoms with Gasteiger partial charge in [0.15, 0.2) is 0 Å². The lowest BCUT2D eigenvalue weighted by molar-refractivity contribution is -0.127. The second-order valence-electron chi connectivity index (χ2n) is 4.49. The average Bonchev–Trinajstić information content (AvgIpc) is 2.30. The van der Waals surface area contributed by atoms with Gasteiger partial charge in [0.25, 0.3) is 0 Å². The van der Waals surface area contributed by atoms with Crippen LogP contribution < -0.4 is 5.32 Å². The second kappa shape index (κ2) is 7.60. The first-order valence-electron chi connectivity index (χ1n) is 5.98. The molecule has 0 saturated carbocycles. The van der Waals surface area contributed by atoms with Gasteiger partial charge in [0.1, 0.15) is 0 Å². The predicted molar refractivity (Wildman–Crippen MR) is 64.8 cm³/mol. The molecular formula is C11H23N3O3. The monoisotopic (exact) mass is 245 g/mol. The summed E-state index contributed by atoms with van der Waals surface area (Å²) in [7, 11) is 3.43. The van der Waals surface area contributed by atoms with Gasteiger partial charge in [0.2, 0.25) is 5.91 Å². The third-order valence-electron chi connectivity index (χ3n) is 2.73. The first-order chi connectivity index (χ1) is 8.09. The molecule has 0 aliphatic carbocycles. The van der Waals surface area contributed by atoms with Crippen LogP contribution in [-0.4, -0.2) is 87.0 Å². The molecule has 0 radical (unpaired) electrons. The van der Waals surface area contributed by atoms with Gasteiger partial charge in [0, 0.05) is 40.3 Å². The molecule has 1 aliphatic heterocycles. The zero-order valence-corrected chi connectivity index (χ0v) is 10.7. The summed E-state index contributed by atoms with van der Waals surface area (Å²) in [4.78, 5) is 15.0. The Morgan fingerprint density at radius 2 is 2.12 bits per heavy atom. The highest BCUT2D eigenvalue weighted by molar-refractivity contribution is 5.77. The van der Waals surface area contributed by atoms with E-state index in [2.05, 4.69) is 10.2 Å². The fraction of sp³-hybridized carbons (Fsp3) is 0.909. The van der Waals surface area contributed by atoms with Crippen LogP contribution in [0.1, 0.15) is 0 Å². The lowest BCUT2D eigenvalue weighted by Crippen LogP contribution is -2.45.